The van der Waals surface area contributed by atoms with Gasteiger partial charge in [0.1, 0.15) is 6.23 Å². The lowest BCUT2D eigenvalue weighted by atomic mass is 10.4. The van der Waals surface area contributed by atoms with E-state index in [0.29, 0.717) is 37.8 Å². The zero-order chi connectivity index (χ0) is 16.6. The van der Waals surface area contributed by atoms with Gasteiger partial charge >= 0.3 is 13.7 Å². The first-order valence-corrected chi connectivity index (χ1v) is 9.69. The molecular weight excluding hydrogens is 354 g/mol. The maximum Gasteiger partial charge on any atom is 0.345 e. The van der Waals surface area contributed by atoms with Crippen molar-refractivity contribution in [3.63, 3.8) is 0 Å². The number of hydroxylamine groups is 2. The normalized spacial score (nSPS) is 25.2. The van der Waals surface area contributed by atoms with Crippen LogP contribution in [0.2, 0.25) is 0 Å². The van der Waals surface area contributed by atoms with Crippen LogP contribution in [-0.4, -0.2) is 67.0 Å². The highest BCUT2D eigenvalue weighted by Gasteiger charge is 2.38. The molecule has 2 atom stereocenters. The Kier molecular flexibility index (Phi) is 9.01. The van der Waals surface area contributed by atoms with Crippen LogP contribution in [0, 0.1) is 0 Å². The van der Waals surface area contributed by atoms with Gasteiger partial charge in [0, 0.05) is 44.9 Å². The summed E-state index contributed by atoms with van der Waals surface area (Å²) in [7, 11) is -1.80. The molecule has 22 heavy (non-hydrogen) atoms. The zero-order valence-electron chi connectivity index (χ0n) is 12.8. The van der Waals surface area contributed by atoms with Gasteiger partial charge < -0.3 is 9.84 Å². The van der Waals surface area contributed by atoms with E-state index in [1.807, 2.05) is 6.92 Å². The van der Waals surface area contributed by atoms with E-state index >= 15 is 0 Å². The summed E-state index contributed by atoms with van der Waals surface area (Å²) in [5.74, 6) is 0.604. The maximum absolute atomic E-state index is 12.9. The Bertz CT molecular complexity index is 398. The molecule has 8 nitrogen and oxygen atoms in total. The van der Waals surface area contributed by atoms with E-state index < -0.39 is 13.9 Å². The van der Waals surface area contributed by atoms with Crippen molar-refractivity contribution >= 4 is 36.9 Å². The number of halogens is 2. The lowest BCUT2D eigenvalue weighted by molar-refractivity contribution is -0.158. The molecule has 1 heterocycles. The van der Waals surface area contributed by atoms with E-state index in [0.717, 1.165) is 5.06 Å². The average Bonchev–Trinajstić information content (AvgIpc) is 2.47. The highest BCUT2D eigenvalue weighted by Crippen LogP contribution is 2.49. The topological polar surface area (TPSA) is 83.1 Å². The molecule has 0 saturated carbocycles. The predicted octanol–water partition coefficient (Wildman–Crippen LogP) is 1.80. The number of nitrogens with zero attached hydrogens (tertiary/aromatic N) is 2. The molecule has 1 saturated heterocycles. The highest BCUT2D eigenvalue weighted by atomic mass is 35.5. The minimum Gasteiger partial charge on any atom is -0.336 e. The second-order valence-electron chi connectivity index (χ2n) is 4.53. The number of rotatable bonds is 8. The van der Waals surface area contributed by atoms with Crippen LogP contribution in [0.5, 0.6) is 0 Å². The summed E-state index contributed by atoms with van der Waals surface area (Å²) in [6.07, 6.45) is -0.135. The number of hydrogen-bond donors (Lipinski definition) is 2. The van der Waals surface area contributed by atoms with Gasteiger partial charge in [-0.1, -0.05) is 0 Å². The SMILES string of the molecule is CCNC(=O)N(C)OC1CCOP(=O)(N(CCCl)CCCl)N1. The molecule has 1 rings (SSSR count). The first-order chi connectivity index (χ1) is 10.5. The Morgan fingerprint density at radius 2 is 2.09 bits per heavy atom. The van der Waals surface area contributed by atoms with Gasteiger partial charge in [-0.25, -0.2) is 19.6 Å². The minimum atomic E-state index is -3.28. The molecule has 130 valence electrons. The fraction of sp³-hybridized carbons (Fsp3) is 0.909. The molecule has 1 aliphatic rings. The summed E-state index contributed by atoms with van der Waals surface area (Å²) < 4.78 is 19.9. The highest BCUT2D eigenvalue weighted by molar-refractivity contribution is 7.54. The zero-order valence-corrected chi connectivity index (χ0v) is 15.2. The van der Waals surface area contributed by atoms with Crippen LogP contribution in [-0.2, 0) is 13.9 Å². The van der Waals surface area contributed by atoms with Gasteiger partial charge in [0.2, 0.25) is 0 Å². The molecule has 0 spiro atoms. The molecule has 2 unspecified atom stereocenters. The Morgan fingerprint density at radius 3 is 2.64 bits per heavy atom. The number of alkyl halides is 2. The standard InChI is InChI=1S/C11H23Cl2N4O4P/c1-3-14-11(18)16(2)21-10-4-9-20-22(19,15-10)17(7-5-12)8-6-13/h10H,3-9H2,1-2H3,(H,14,18)(H,15,19). The van der Waals surface area contributed by atoms with Crippen molar-refractivity contribution in [3.05, 3.63) is 0 Å². The van der Waals surface area contributed by atoms with Gasteiger partial charge in [-0.3, -0.25) is 9.40 Å². The van der Waals surface area contributed by atoms with E-state index in [-0.39, 0.29) is 12.6 Å². The van der Waals surface area contributed by atoms with Crippen LogP contribution in [0.3, 0.4) is 0 Å². The van der Waals surface area contributed by atoms with E-state index in [4.69, 9.17) is 32.6 Å². The summed E-state index contributed by atoms with van der Waals surface area (Å²) in [5.41, 5.74) is 0. The van der Waals surface area contributed by atoms with Gasteiger partial charge in [-0.15, -0.1) is 23.2 Å². The number of nitrogens with one attached hydrogen (secondary N) is 2. The molecule has 0 aromatic heterocycles. The summed E-state index contributed by atoms with van der Waals surface area (Å²) >= 11 is 11.5. The van der Waals surface area contributed by atoms with Crippen molar-refractivity contribution in [2.75, 3.05) is 45.0 Å². The Morgan fingerprint density at radius 1 is 1.45 bits per heavy atom. The Labute approximate surface area is 140 Å². The second-order valence-corrected chi connectivity index (χ2v) is 7.41. The van der Waals surface area contributed by atoms with Gasteiger partial charge in [0.25, 0.3) is 0 Å². The molecule has 0 aromatic carbocycles. The smallest absolute Gasteiger partial charge is 0.336 e. The third-order valence-electron chi connectivity index (χ3n) is 2.91. The van der Waals surface area contributed by atoms with E-state index in [1.54, 1.807) is 4.67 Å². The van der Waals surface area contributed by atoms with E-state index in [9.17, 15) is 9.36 Å². The number of carbonyl (C=O) groups is 1. The summed E-state index contributed by atoms with van der Waals surface area (Å²) in [6.45, 7) is 3.29. The molecule has 0 aliphatic carbocycles. The lowest BCUT2D eigenvalue weighted by Gasteiger charge is -2.37. The first-order valence-electron chi connectivity index (χ1n) is 7.05. The number of carbonyl (C=O) groups excluding carboxylic acids is 1. The second kappa shape index (κ2) is 9.93. The van der Waals surface area contributed by atoms with Crippen LogP contribution in [0.4, 0.5) is 4.79 Å². The number of hydrogen-bond acceptors (Lipinski definition) is 4. The van der Waals surface area contributed by atoms with Gasteiger partial charge in [0.15, 0.2) is 0 Å². The van der Waals surface area contributed by atoms with Crippen molar-refractivity contribution < 1.29 is 18.7 Å². The van der Waals surface area contributed by atoms with Crippen molar-refractivity contribution in [2.45, 2.75) is 19.6 Å². The average molecular weight is 377 g/mol. The molecule has 0 bridgehead atoms. The fourth-order valence-corrected chi connectivity index (χ4v) is 4.54. The lowest BCUT2D eigenvalue weighted by Crippen LogP contribution is -2.47. The number of amides is 2. The summed E-state index contributed by atoms with van der Waals surface area (Å²) in [5, 5.41) is 6.51. The van der Waals surface area contributed by atoms with Crippen molar-refractivity contribution in [3.8, 4) is 0 Å². The maximum atomic E-state index is 12.9. The molecule has 1 aliphatic heterocycles. The van der Waals surface area contributed by atoms with Crippen LogP contribution < -0.4 is 10.4 Å². The first kappa shape index (κ1) is 20.0. The molecule has 2 N–H and O–H groups in total. The molecule has 2 amide bonds. The molecule has 0 aromatic rings. The van der Waals surface area contributed by atoms with E-state index in [2.05, 4.69) is 10.4 Å². The van der Waals surface area contributed by atoms with Gasteiger partial charge in [0.05, 0.1) is 6.61 Å². The Hall–Kier alpha value is -0.0800. The minimum absolute atomic E-state index is 0.249. The fourth-order valence-electron chi connectivity index (χ4n) is 1.88. The van der Waals surface area contributed by atoms with Crippen molar-refractivity contribution in [2.24, 2.45) is 0 Å². The van der Waals surface area contributed by atoms with Crippen LogP contribution >= 0.6 is 30.9 Å². The summed E-state index contributed by atoms with van der Waals surface area (Å²) in [4.78, 5) is 17.1. The largest absolute Gasteiger partial charge is 0.345 e. The van der Waals surface area contributed by atoms with Crippen LogP contribution in [0.1, 0.15) is 13.3 Å². The third kappa shape index (κ3) is 5.85. The molecule has 0 radical (unpaired) electrons. The monoisotopic (exact) mass is 376 g/mol. The Balaban J connectivity index is 2.65. The quantitative estimate of drug-likeness (QED) is 0.381. The molecular formula is C11H23Cl2N4O4P. The van der Waals surface area contributed by atoms with Crippen LogP contribution in [0.15, 0.2) is 0 Å². The van der Waals surface area contributed by atoms with Gasteiger partial charge in [-0.2, -0.15) is 0 Å². The third-order valence-corrected chi connectivity index (χ3v) is 5.54. The molecule has 11 heteroatoms. The van der Waals surface area contributed by atoms with Crippen molar-refractivity contribution in [1.82, 2.24) is 20.1 Å². The van der Waals surface area contributed by atoms with Crippen LogP contribution in [0.25, 0.3) is 0 Å². The summed E-state index contributed by atoms with van der Waals surface area (Å²) in [6, 6.07) is -0.371. The van der Waals surface area contributed by atoms with Gasteiger partial charge in [-0.05, 0) is 6.92 Å². The van der Waals surface area contributed by atoms with E-state index in [1.165, 1.54) is 7.05 Å². The molecule has 1 fully saturated rings. The van der Waals surface area contributed by atoms with Crippen molar-refractivity contribution in [1.29, 1.82) is 0 Å². The number of urea groups is 1. The predicted molar refractivity (Wildman–Crippen MR) is 86.0 cm³/mol.